The van der Waals surface area contributed by atoms with Crippen LogP contribution in [0.25, 0.3) is 11.0 Å². The number of rotatable bonds is 1. The van der Waals surface area contributed by atoms with Crippen molar-refractivity contribution >= 4 is 44.8 Å². The Morgan fingerprint density at radius 2 is 2.14 bits per heavy atom. The maximum Gasteiger partial charge on any atom is 0.133 e. The molecule has 0 fully saturated rings. The van der Waals surface area contributed by atoms with Crippen molar-refractivity contribution in [1.29, 1.82) is 0 Å². The number of benzene rings is 1. The Labute approximate surface area is 95.0 Å². The first kappa shape index (κ1) is 11.3. The van der Waals surface area contributed by atoms with Crippen molar-refractivity contribution in [3.8, 4) is 0 Å². The Hall–Kier alpha value is -0.800. The monoisotopic (exact) mass is 274 g/mol. The average molecular weight is 276 g/mol. The lowest BCUT2D eigenvalue weighted by atomic mass is 10.3. The Morgan fingerprint density at radius 3 is 2.79 bits per heavy atom. The number of aldehydes is 1. The molecule has 0 saturated carbocycles. The van der Waals surface area contributed by atoms with Crippen LogP contribution in [0.5, 0.6) is 0 Å². The Bertz CT molecular complexity index is 411. The zero-order chi connectivity index (χ0) is 10.4. The number of halogens is 2. The van der Waals surface area contributed by atoms with Crippen molar-refractivity contribution in [2.45, 2.75) is 0 Å². The van der Waals surface area contributed by atoms with Crippen molar-refractivity contribution in [3.63, 3.8) is 0 Å². The summed E-state index contributed by atoms with van der Waals surface area (Å²) in [6.45, 7) is 0. The lowest BCUT2D eigenvalue weighted by molar-refractivity contribution is -0.105. The molecular weight excluding hydrogens is 267 g/mol. The van der Waals surface area contributed by atoms with Crippen LogP contribution in [0.1, 0.15) is 0 Å². The van der Waals surface area contributed by atoms with Gasteiger partial charge >= 0.3 is 0 Å². The van der Waals surface area contributed by atoms with Gasteiger partial charge in [0.25, 0.3) is 0 Å². The first-order chi connectivity index (χ1) is 6.77. The second-order valence-electron chi connectivity index (χ2n) is 2.42. The first-order valence-electron chi connectivity index (χ1n) is 3.90. The van der Waals surface area contributed by atoms with Crippen LogP contribution in [-0.2, 0) is 4.79 Å². The second kappa shape index (κ2) is 5.83. The first-order valence-corrected chi connectivity index (χ1v) is 5.40. The summed E-state index contributed by atoms with van der Waals surface area (Å²) in [4.78, 5) is 9.13. The fourth-order valence-corrected chi connectivity index (χ4v) is 1.12. The summed E-state index contributed by atoms with van der Waals surface area (Å²) in [5.74, 6) is 0. The summed E-state index contributed by atoms with van der Waals surface area (Å²) in [7, 11) is 0. The van der Waals surface area contributed by atoms with E-state index in [0.29, 0.717) is 5.33 Å². The molecule has 2 aromatic rings. The van der Waals surface area contributed by atoms with Crippen LogP contribution in [0, 0.1) is 0 Å². The molecule has 0 unspecified atom stereocenters. The highest BCUT2D eigenvalue weighted by molar-refractivity contribution is 9.09. The minimum absolute atomic E-state index is 0.451. The van der Waals surface area contributed by atoms with Gasteiger partial charge in [-0.3, -0.25) is 0 Å². The van der Waals surface area contributed by atoms with Gasteiger partial charge in [0.2, 0.25) is 0 Å². The molecule has 0 saturated heterocycles. The molecule has 14 heavy (non-hydrogen) atoms. The van der Waals surface area contributed by atoms with Crippen LogP contribution < -0.4 is 0 Å². The number of alkyl halides is 1. The molecule has 0 spiro atoms. The third-order valence-corrected chi connectivity index (χ3v) is 1.98. The van der Waals surface area contributed by atoms with Gasteiger partial charge in [-0.25, -0.2) is 0 Å². The van der Waals surface area contributed by atoms with E-state index in [-0.39, 0.29) is 0 Å². The average Bonchev–Trinajstić information content (AvgIpc) is 2.65. The molecule has 0 radical (unpaired) electrons. The number of hydrogen-bond acceptors (Lipinski definition) is 2. The highest BCUT2D eigenvalue weighted by atomic mass is 79.9. The van der Waals surface area contributed by atoms with E-state index >= 15 is 0 Å². The summed E-state index contributed by atoms with van der Waals surface area (Å²) in [5, 5.41) is 2.24. The largest absolute Gasteiger partial charge is 0.464 e. The lowest BCUT2D eigenvalue weighted by Gasteiger charge is -1.87. The fraction of sp³-hybridized carbons (Fsp3) is 0.100. The quantitative estimate of drug-likeness (QED) is 0.587. The van der Waals surface area contributed by atoms with Crippen LogP contribution in [0.15, 0.2) is 34.9 Å². The predicted molar refractivity (Wildman–Crippen MR) is 61.1 cm³/mol. The number of furan rings is 1. The molecule has 74 valence electrons. The molecule has 0 amide bonds. The van der Waals surface area contributed by atoms with Crippen molar-refractivity contribution in [2.75, 3.05) is 5.33 Å². The highest BCUT2D eigenvalue weighted by Crippen LogP contribution is 2.19. The topological polar surface area (TPSA) is 30.2 Å². The molecule has 2 nitrogen and oxygen atoms in total. The van der Waals surface area contributed by atoms with E-state index < -0.39 is 0 Å². The maximum atomic E-state index is 9.13. The Kier molecular flexibility index (Phi) is 4.70. The van der Waals surface area contributed by atoms with E-state index in [4.69, 9.17) is 20.8 Å². The van der Waals surface area contributed by atoms with E-state index in [1.54, 1.807) is 6.26 Å². The van der Waals surface area contributed by atoms with Crippen molar-refractivity contribution < 1.29 is 9.21 Å². The van der Waals surface area contributed by atoms with Crippen LogP contribution in [0.3, 0.4) is 0 Å². The second-order valence-corrected chi connectivity index (χ2v) is 3.51. The van der Waals surface area contributed by atoms with Gasteiger partial charge in [-0.05, 0) is 24.3 Å². The Morgan fingerprint density at radius 1 is 1.43 bits per heavy atom. The molecule has 0 aliphatic carbocycles. The van der Waals surface area contributed by atoms with Crippen LogP contribution in [0.4, 0.5) is 0 Å². The molecule has 2 rings (SSSR count). The van der Waals surface area contributed by atoms with Crippen molar-refractivity contribution in [1.82, 2.24) is 0 Å². The molecule has 4 heteroatoms. The zero-order valence-electron chi connectivity index (χ0n) is 7.24. The third-order valence-electron chi connectivity index (χ3n) is 1.48. The van der Waals surface area contributed by atoms with E-state index in [2.05, 4.69) is 15.9 Å². The van der Waals surface area contributed by atoms with E-state index in [1.807, 2.05) is 24.3 Å². The van der Waals surface area contributed by atoms with Gasteiger partial charge < -0.3 is 9.21 Å². The molecule has 0 atom stereocenters. The summed E-state index contributed by atoms with van der Waals surface area (Å²) in [5.41, 5.74) is 0.879. The van der Waals surface area contributed by atoms with Crippen molar-refractivity contribution in [2.24, 2.45) is 0 Å². The SMILES string of the molecule is Clc1ccc2occc2c1.O=CCBr. The van der Waals surface area contributed by atoms with Gasteiger partial charge in [0.05, 0.1) is 11.6 Å². The molecule has 0 aliphatic rings. The van der Waals surface area contributed by atoms with Gasteiger partial charge in [0, 0.05) is 10.4 Å². The Balaban J connectivity index is 0.000000213. The number of carbonyl (C=O) groups excluding carboxylic acids is 1. The number of carbonyl (C=O) groups is 1. The molecule has 0 N–H and O–H groups in total. The summed E-state index contributed by atoms with van der Waals surface area (Å²) in [6.07, 6.45) is 2.45. The molecule has 1 aromatic carbocycles. The van der Waals surface area contributed by atoms with Gasteiger partial charge in [-0.2, -0.15) is 0 Å². The summed E-state index contributed by atoms with van der Waals surface area (Å²) < 4.78 is 5.11. The van der Waals surface area contributed by atoms with Gasteiger partial charge in [0.15, 0.2) is 0 Å². The fourth-order valence-electron chi connectivity index (χ4n) is 0.938. The summed E-state index contributed by atoms with van der Waals surface area (Å²) in [6, 6.07) is 7.44. The molecule has 1 aromatic heterocycles. The smallest absolute Gasteiger partial charge is 0.133 e. The van der Waals surface area contributed by atoms with Crippen LogP contribution in [-0.4, -0.2) is 11.6 Å². The lowest BCUT2D eigenvalue weighted by Crippen LogP contribution is -1.62. The van der Waals surface area contributed by atoms with Crippen molar-refractivity contribution in [3.05, 3.63) is 35.6 Å². The van der Waals surface area contributed by atoms with E-state index in [0.717, 1.165) is 22.3 Å². The van der Waals surface area contributed by atoms with E-state index in [1.165, 1.54) is 0 Å². The zero-order valence-corrected chi connectivity index (χ0v) is 9.59. The molecule has 1 heterocycles. The van der Waals surface area contributed by atoms with Gasteiger partial charge in [-0.15, -0.1) is 0 Å². The van der Waals surface area contributed by atoms with Crippen LogP contribution in [0.2, 0.25) is 5.02 Å². The minimum atomic E-state index is 0.451. The van der Waals surface area contributed by atoms with E-state index in [9.17, 15) is 0 Å². The summed E-state index contributed by atoms with van der Waals surface area (Å²) >= 11 is 8.61. The highest BCUT2D eigenvalue weighted by Gasteiger charge is 1.94. The molecule has 0 bridgehead atoms. The minimum Gasteiger partial charge on any atom is -0.464 e. The van der Waals surface area contributed by atoms with Gasteiger partial charge in [-0.1, -0.05) is 27.5 Å². The number of fused-ring (bicyclic) bond motifs is 1. The standard InChI is InChI=1S/C8H5ClO.C2H3BrO/c9-7-1-2-8-6(5-7)3-4-10-8;3-1-2-4/h1-5H;2H,1H2. The van der Waals surface area contributed by atoms with Gasteiger partial charge in [0.1, 0.15) is 11.9 Å². The predicted octanol–water partition coefficient (Wildman–Crippen LogP) is 3.67. The molecular formula is C10H8BrClO2. The molecule has 0 aliphatic heterocycles. The van der Waals surface area contributed by atoms with Crippen LogP contribution >= 0.6 is 27.5 Å². The normalized spacial score (nSPS) is 9.29. The number of hydrogen-bond donors (Lipinski definition) is 0. The maximum absolute atomic E-state index is 9.13. The third kappa shape index (κ3) is 3.16.